The molecule has 2 aromatic carbocycles. The molecule has 0 bridgehead atoms. The van der Waals surface area contributed by atoms with Crippen LogP contribution in [0.25, 0.3) is 0 Å². The maximum Gasteiger partial charge on any atom is 2.00 e. The Hall–Kier alpha value is -0.940. The summed E-state index contributed by atoms with van der Waals surface area (Å²) in [6.07, 6.45) is 0. The molecular weight excluding hydrogens is 516 g/mol. The van der Waals surface area contributed by atoms with E-state index in [0.717, 1.165) is 48.4 Å². The molecule has 0 heterocycles. The van der Waals surface area contributed by atoms with Gasteiger partial charge in [-0.25, -0.2) is 0 Å². The van der Waals surface area contributed by atoms with Crippen molar-refractivity contribution >= 4 is 37.7 Å². The van der Waals surface area contributed by atoms with Crippen molar-refractivity contribution in [2.45, 2.75) is 39.3 Å². The van der Waals surface area contributed by atoms with Gasteiger partial charge in [0.25, 0.3) is 0 Å². The molecule has 8 nitrogen and oxygen atoms in total. The fraction of sp³-hybridized carbons (Fsp3) is 0.600. The SMILES string of the molecule is CN(C)Cc1cc(CN(C)C)c(CN(C)C)cc1[O-].CN(C)Cc1cc(CN(C)C)c(CN(C)C)cc1[O-].[Ca+2]. The molecule has 0 saturated carbocycles. The van der Waals surface area contributed by atoms with Gasteiger partial charge in [0.2, 0.25) is 0 Å². The number of nitrogens with zero attached hydrogens (tertiary/aromatic N) is 6. The van der Waals surface area contributed by atoms with Crippen molar-refractivity contribution in [1.29, 1.82) is 0 Å². The molecule has 0 aliphatic carbocycles. The van der Waals surface area contributed by atoms with Crippen LogP contribution < -0.4 is 10.2 Å². The summed E-state index contributed by atoms with van der Waals surface area (Å²) in [5.41, 5.74) is 6.51. The monoisotopic (exact) mass is 568 g/mol. The summed E-state index contributed by atoms with van der Waals surface area (Å²) in [5, 5.41) is 24.3. The van der Waals surface area contributed by atoms with Crippen LogP contribution in [-0.4, -0.2) is 152 Å². The molecule has 0 N–H and O–H groups in total. The Kier molecular flexibility index (Phi) is 18.0. The third-order valence-electron chi connectivity index (χ3n) is 5.68. The van der Waals surface area contributed by atoms with E-state index in [4.69, 9.17) is 0 Å². The van der Waals surface area contributed by atoms with Crippen molar-refractivity contribution in [2.75, 3.05) is 84.6 Å². The molecule has 39 heavy (non-hydrogen) atoms. The third kappa shape index (κ3) is 15.0. The van der Waals surface area contributed by atoms with E-state index in [1.54, 1.807) is 12.1 Å². The Labute approximate surface area is 268 Å². The normalized spacial score (nSPS) is 11.5. The largest absolute Gasteiger partial charge is 2.00 e. The van der Waals surface area contributed by atoms with Crippen LogP contribution in [0.4, 0.5) is 0 Å². The van der Waals surface area contributed by atoms with Gasteiger partial charge in [-0.2, -0.15) is 0 Å². The first-order chi connectivity index (χ1) is 17.6. The van der Waals surface area contributed by atoms with E-state index >= 15 is 0 Å². The summed E-state index contributed by atoms with van der Waals surface area (Å²) in [5.74, 6) is 0.293. The molecular formula is C30H52CaN6O2. The van der Waals surface area contributed by atoms with Gasteiger partial charge in [-0.05, 0) is 118 Å². The zero-order valence-electron chi connectivity index (χ0n) is 26.8. The molecule has 0 saturated heterocycles. The van der Waals surface area contributed by atoms with Crippen LogP contribution in [0.2, 0.25) is 0 Å². The summed E-state index contributed by atoms with van der Waals surface area (Å²) in [7, 11) is 24.2. The van der Waals surface area contributed by atoms with Crippen LogP contribution >= 0.6 is 0 Å². The molecule has 0 aliphatic rings. The van der Waals surface area contributed by atoms with Gasteiger partial charge in [0.15, 0.2) is 0 Å². The van der Waals surface area contributed by atoms with Crippen LogP contribution in [0.1, 0.15) is 33.4 Å². The molecule has 0 aliphatic heterocycles. The van der Waals surface area contributed by atoms with Gasteiger partial charge in [-0.15, -0.1) is 11.5 Å². The van der Waals surface area contributed by atoms with Crippen LogP contribution in [-0.2, 0) is 39.3 Å². The van der Waals surface area contributed by atoms with E-state index in [0.29, 0.717) is 13.1 Å². The van der Waals surface area contributed by atoms with Gasteiger partial charge in [0.05, 0.1) is 0 Å². The van der Waals surface area contributed by atoms with E-state index in [-0.39, 0.29) is 49.2 Å². The van der Waals surface area contributed by atoms with Crippen LogP contribution in [0.15, 0.2) is 24.3 Å². The van der Waals surface area contributed by atoms with Crippen molar-refractivity contribution in [2.24, 2.45) is 0 Å². The average Bonchev–Trinajstić information content (AvgIpc) is 2.73. The minimum Gasteiger partial charge on any atom is -0.872 e. The second kappa shape index (κ2) is 18.5. The van der Waals surface area contributed by atoms with Gasteiger partial charge in [-0.1, -0.05) is 24.3 Å². The average molecular weight is 569 g/mol. The molecule has 0 fully saturated rings. The Morgan fingerprint density at radius 3 is 0.744 bits per heavy atom. The van der Waals surface area contributed by atoms with Gasteiger partial charge in [-0.3, -0.25) is 0 Å². The quantitative estimate of drug-likeness (QED) is 0.357. The molecule has 0 amide bonds. The zero-order chi connectivity index (χ0) is 29.2. The minimum absolute atomic E-state index is 0. The maximum absolute atomic E-state index is 12.1. The summed E-state index contributed by atoms with van der Waals surface area (Å²) in [4.78, 5) is 12.5. The Bertz CT molecular complexity index is 914. The summed E-state index contributed by atoms with van der Waals surface area (Å²) >= 11 is 0. The molecule has 0 spiro atoms. The number of hydrogen-bond donors (Lipinski definition) is 0. The second-order valence-electron chi connectivity index (χ2n) is 11.9. The molecule has 216 valence electrons. The van der Waals surface area contributed by atoms with E-state index in [9.17, 15) is 10.2 Å². The molecule has 2 aromatic rings. The van der Waals surface area contributed by atoms with Crippen LogP contribution in [0, 0.1) is 0 Å². The first-order valence-corrected chi connectivity index (χ1v) is 13.1. The fourth-order valence-corrected chi connectivity index (χ4v) is 4.32. The van der Waals surface area contributed by atoms with Crippen molar-refractivity contribution in [3.8, 4) is 11.5 Å². The molecule has 9 heteroatoms. The topological polar surface area (TPSA) is 65.6 Å². The number of benzene rings is 2. The van der Waals surface area contributed by atoms with E-state index in [2.05, 4.69) is 59.9 Å². The minimum atomic E-state index is 0. The van der Waals surface area contributed by atoms with Crippen molar-refractivity contribution in [3.05, 3.63) is 57.6 Å². The molecule has 0 aromatic heterocycles. The number of rotatable bonds is 12. The van der Waals surface area contributed by atoms with E-state index < -0.39 is 0 Å². The van der Waals surface area contributed by atoms with Crippen LogP contribution in [0.3, 0.4) is 0 Å². The molecule has 2 rings (SSSR count). The third-order valence-corrected chi connectivity index (χ3v) is 5.68. The predicted molar refractivity (Wildman–Crippen MR) is 162 cm³/mol. The van der Waals surface area contributed by atoms with Crippen LogP contribution in [0.5, 0.6) is 11.5 Å². The Balaban J connectivity index is 0.000000722. The van der Waals surface area contributed by atoms with Gasteiger partial charge in [0.1, 0.15) is 0 Å². The molecule has 0 unspecified atom stereocenters. The fourth-order valence-electron chi connectivity index (χ4n) is 4.32. The van der Waals surface area contributed by atoms with Gasteiger partial charge < -0.3 is 39.6 Å². The number of hydrogen-bond acceptors (Lipinski definition) is 8. The molecule has 0 radical (unpaired) electrons. The maximum atomic E-state index is 12.1. The predicted octanol–water partition coefficient (Wildman–Crippen LogP) is 1.51. The second-order valence-corrected chi connectivity index (χ2v) is 11.9. The smallest absolute Gasteiger partial charge is 0.872 e. The summed E-state index contributed by atoms with van der Waals surface area (Å²) in [6, 6.07) is 7.75. The first-order valence-electron chi connectivity index (χ1n) is 13.1. The molecule has 0 atom stereocenters. The summed E-state index contributed by atoms with van der Waals surface area (Å²) in [6.45, 7) is 4.73. The first kappa shape index (κ1) is 38.1. The Morgan fingerprint density at radius 2 is 0.538 bits per heavy atom. The van der Waals surface area contributed by atoms with E-state index in [1.165, 1.54) is 11.1 Å². The van der Waals surface area contributed by atoms with Crippen molar-refractivity contribution in [3.63, 3.8) is 0 Å². The van der Waals surface area contributed by atoms with Crippen molar-refractivity contribution < 1.29 is 10.2 Å². The standard InChI is InChI=1S/2C15H27N3O.Ca/c2*1-16(2)9-12-7-14(11-18(5)6)15(19)8-13(12)10-17(3)4;/h2*7-8,19H,9-11H2,1-6H3;/q;;+2/p-2. The summed E-state index contributed by atoms with van der Waals surface area (Å²) < 4.78 is 0. The van der Waals surface area contributed by atoms with E-state index in [1.807, 2.05) is 66.2 Å². The zero-order valence-corrected chi connectivity index (χ0v) is 29.0. The Morgan fingerprint density at radius 1 is 0.359 bits per heavy atom. The van der Waals surface area contributed by atoms with Crippen molar-refractivity contribution in [1.82, 2.24) is 29.4 Å². The van der Waals surface area contributed by atoms with Gasteiger partial charge >= 0.3 is 37.7 Å². The van der Waals surface area contributed by atoms with Gasteiger partial charge in [0, 0.05) is 39.3 Å².